The van der Waals surface area contributed by atoms with Gasteiger partial charge in [0, 0.05) is 44.3 Å². The smallest absolute Gasteiger partial charge is 0.409 e. The highest BCUT2D eigenvalue weighted by Crippen LogP contribution is 2.25. The average Bonchev–Trinajstić information content (AvgIpc) is 2.83. The zero-order valence-corrected chi connectivity index (χ0v) is 22.1. The van der Waals surface area contributed by atoms with Gasteiger partial charge in [0.15, 0.2) is 5.96 Å². The lowest BCUT2D eigenvalue weighted by atomic mass is 9.88. The molecule has 1 aromatic carbocycles. The Morgan fingerprint density at radius 2 is 1.85 bits per heavy atom. The molecule has 2 fully saturated rings. The van der Waals surface area contributed by atoms with E-state index in [9.17, 15) is 9.59 Å². The molecule has 1 saturated heterocycles. The van der Waals surface area contributed by atoms with Crippen molar-refractivity contribution >= 4 is 47.6 Å². The summed E-state index contributed by atoms with van der Waals surface area (Å²) in [4.78, 5) is 30.5. The first-order valence-corrected chi connectivity index (χ1v) is 11.9. The molecule has 3 rings (SSSR count). The van der Waals surface area contributed by atoms with Gasteiger partial charge in [0.1, 0.15) is 0 Å². The maximum atomic E-state index is 12.5. The number of nitrogens with zero attached hydrogens (tertiary/aromatic N) is 2. The van der Waals surface area contributed by atoms with Crippen molar-refractivity contribution in [3.63, 3.8) is 0 Å². The largest absolute Gasteiger partial charge is 0.450 e. The summed E-state index contributed by atoms with van der Waals surface area (Å²) in [5.41, 5.74) is 1.92. The molecule has 1 aromatic rings. The SMILES string of the molecule is CCOC(=O)N1CCC(NC(=NC)NCc2cccc(NC(=O)C3CCCCC3)c2)CC1.I. The van der Waals surface area contributed by atoms with Crippen molar-refractivity contribution in [3.8, 4) is 0 Å². The van der Waals surface area contributed by atoms with Crippen LogP contribution in [0.15, 0.2) is 29.3 Å². The van der Waals surface area contributed by atoms with E-state index >= 15 is 0 Å². The van der Waals surface area contributed by atoms with Gasteiger partial charge in [0.2, 0.25) is 5.91 Å². The lowest BCUT2D eigenvalue weighted by Gasteiger charge is -2.32. The minimum atomic E-state index is -0.232. The van der Waals surface area contributed by atoms with Gasteiger partial charge in [0.25, 0.3) is 0 Å². The summed E-state index contributed by atoms with van der Waals surface area (Å²) in [5.74, 6) is 1.02. The Hall–Kier alpha value is -2.04. The van der Waals surface area contributed by atoms with Crippen LogP contribution in [-0.4, -0.2) is 55.6 Å². The second-order valence-corrected chi connectivity index (χ2v) is 8.55. The van der Waals surface area contributed by atoms with E-state index in [0.717, 1.165) is 55.7 Å². The molecule has 8 nitrogen and oxygen atoms in total. The zero-order chi connectivity index (χ0) is 22.8. The van der Waals surface area contributed by atoms with E-state index in [2.05, 4.69) is 20.9 Å². The lowest BCUT2D eigenvalue weighted by Crippen LogP contribution is -2.49. The molecule has 0 spiro atoms. The van der Waals surface area contributed by atoms with Crippen molar-refractivity contribution in [2.75, 3.05) is 32.1 Å². The Morgan fingerprint density at radius 3 is 2.52 bits per heavy atom. The summed E-state index contributed by atoms with van der Waals surface area (Å²) in [6, 6.07) is 8.21. The molecule has 0 radical (unpaired) electrons. The number of benzene rings is 1. The predicted octanol–water partition coefficient (Wildman–Crippen LogP) is 4.11. The van der Waals surface area contributed by atoms with E-state index < -0.39 is 0 Å². The monoisotopic (exact) mass is 571 g/mol. The number of hydrogen-bond acceptors (Lipinski definition) is 4. The number of likely N-dealkylation sites (tertiary alicyclic amines) is 1. The Morgan fingerprint density at radius 1 is 1.12 bits per heavy atom. The summed E-state index contributed by atoms with van der Waals surface area (Å²) in [7, 11) is 1.75. The van der Waals surface area contributed by atoms with Gasteiger partial charge in [-0.1, -0.05) is 31.4 Å². The standard InChI is InChI=1S/C24H37N5O3.HI/c1-3-32-24(31)29-14-12-20(13-15-29)28-23(25-2)26-17-18-8-7-11-21(16-18)27-22(30)19-9-5-4-6-10-19;/h7-8,11,16,19-20H,3-6,9-10,12-15,17H2,1-2H3,(H,27,30)(H2,25,26,28);1H. The quantitative estimate of drug-likeness (QED) is 0.272. The van der Waals surface area contributed by atoms with Crippen LogP contribution < -0.4 is 16.0 Å². The predicted molar refractivity (Wildman–Crippen MR) is 142 cm³/mol. The van der Waals surface area contributed by atoms with Crippen LogP contribution in [-0.2, 0) is 16.1 Å². The number of aliphatic imine (C=N–C) groups is 1. The van der Waals surface area contributed by atoms with Crippen LogP contribution in [0.5, 0.6) is 0 Å². The summed E-state index contributed by atoms with van der Waals surface area (Å²) in [6.07, 6.45) is 6.99. The summed E-state index contributed by atoms with van der Waals surface area (Å²) in [6.45, 7) is 4.18. The lowest BCUT2D eigenvalue weighted by molar-refractivity contribution is -0.120. The number of rotatable bonds is 6. The van der Waals surface area contributed by atoms with Gasteiger partial charge in [-0.3, -0.25) is 9.79 Å². The Balaban J connectivity index is 0.00000385. The first kappa shape index (κ1) is 27.2. The number of nitrogens with one attached hydrogen (secondary N) is 3. The first-order chi connectivity index (χ1) is 15.6. The topological polar surface area (TPSA) is 95.1 Å². The van der Waals surface area contributed by atoms with Crippen molar-refractivity contribution < 1.29 is 14.3 Å². The number of piperidine rings is 1. The Kier molecular flexibility index (Phi) is 11.8. The number of carbonyl (C=O) groups is 2. The average molecular weight is 572 g/mol. The molecule has 2 aliphatic rings. The fraction of sp³-hybridized carbons (Fsp3) is 0.625. The maximum Gasteiger partial charge on any atom is 0.409 e. The van der Waals surface area contributed by atoms with Crippen molar-refractivity contribution in [3.05, 3.63) is 29.8 Å². The van der Waals surface area contributed by atoms with Crippen LogP contribution in [0.4, 0.5) is 10.5 Å². The fourth-order valence-corrected chi connectivity index (χ4v) is 4.36. The van der Waals surface area contributed by atoms with Crippen molar-refractivity contribution in [1.29, 1.82) is 0 Å². The van der Waals surface area contributed by atoms with Gasteiger partial charge in [0.05, 0.1) is 6.61 Å². The Labute approximate surface area is 214 Å². The molecular weight excluding hydrogens is 533 g/mol. The van der Waals surface area contributed by atoms with Crippen LogP contribution in [0.3, 0.4) is 0 Å². The highest BCUT2D eigenvalue weighted by Gasteiger charge is 2.24. The van der Waals surface area contributed by atoms with E-state index in [1.165, 1.54) is 6.42 Å². The first-order valence-electron chi connectivity index (χ1n) is 11.9. The number of carbonyl (C=O) groups excluding carboxylic acids is 2. The normalized spacial score (nSPS) is 17.6. The van der Waals surface area contributed by atoms with Gasteiger partial charge in [-0.25, -0.2) is 4.79 Å². The number of amides is 2. The van der Waals surface area contributed by atoms with Crippen LogP contribution in [0.25, 0.3) is 0 Å². The van der Waals surface area contributed by atoms with E-state index in [-0.39, 0.29) is 47.9 Å². The minimum Gasteiger partial charge on any atom is -0.450 e. The second-order valence-electron chi connectivity index (χ2n) is 8.55. The molecule has 0 atom stereocenters. The fourth-order valence-electron chi connectivity index (χ4n) is 4.36. The molecule has 184 valence electrons. The molecule has 3 N–H and O–H groups in total. The summed E-state index contributed by atoms with van der Waals surface area (Å²) < 4.78 is 5.08. The number of hydrogen-bond donors (Lipinski definition) is 3. The Bertz CT molecular complexity index is 790. The van der Waals surface area contributed by atoms with Crippen molar-refractivity contribution in [1.82, 2.24) is 15.5 Å². The second kappa shape index (κ2) is 14.3. The number of halogens is 1. The number of anilines is 1. The number of ether oxygens (including phenoxy) is 1. The van der Waals surface area contributed by atoms with Crippen molar-refractivity contribution in [2.24, 2.45) is 10.9 Å². The molecule has 9 heteroatoms. The van der Waals surface area contributed by atoms with Crippen LogP contribution in [0, 0.1) is 5.92 Å². The van der Waals surface area contributed by atoms with Gasteiger partial charge >= 0.3 is 6.09 Å². The molecule has 1 aliphatic heterocycles. The molecule has 0 aromatic heterocycles. The molecular formula is C24H38IN5O3. The maximum absolute atomic E-state index is 12.5. The van der Waals surface area contributed by atoms with Gasteiger partial charge in [-0.2, -0.15) is 0 Å². The van der Waals surface area contributed by atoms with E-state index in [1.807, 2.05) is 31.2 Å². The third-order valence-corrected chi connectivity index (χ3v) is 6.22. The molecule has 0 unspecified atom stereocenters. The van der Waals surface area contributed by atoms with Gasteiger partial charge in [-0.05, 0) is 50.3 Å². The summed E-state index contributed by atoms with van der Waals surface area (Å²) in [5, 5.41) is 9.89. The molecule has 1 saturated carbocycles. The number of guanidine groups is 1. The minimum absolute atomic E-state index is 0. The highest BCUT2D eigenvalue weighted by atomic mass is 127. The molecule has 0 bridgehead atoms. The van der Waals surface area contributed by atoms with E-state index in [1.54, 1.807) is 11.9 Å². The third-order valence-electron chi connectivity index (χ3n) is 6.22. The molecule has 2 amide bonds. The summed E-state index contributed by atoms with van der Waals surface area (Å²) >= 11 is 0. The molecule has 1 heterocycles. The molecule has 33 heavy (non-hydrogen) atoms. The van der Waals surface area contributed by atoms with Crippen LogP contribution >= 0.6 is 24.0 Å². The third kappa shape index (κ3) is 8.68. The van der Waals surface area contributed by atoms with Crippen LogP contribution in [0.1, 0.15) is 57.4 Å². The van der Waals surface area contributed by atoms with Crippen LogP contribution in [0.2, 0.25) is 0 Å². The van der Waals surface area contributed by atoms with E-state index in [4.69, 9.17) is 4.74 Å². The van der Waals surface area contributed by atoms with Gasteiger partial charge in [-0.15, -0.1) is 24.0 Å². The zero-order valence-electron chi connectivity index (χ0n) is 19.8. The van der Waals surface area contributed by atoms with Gasteiger partial charge < -0.3 is 25.6 Å². The van der Waals surface area contributed by atoms with Crippen molar-refractivity contribution in [2.45, 2.75) is 64.5 Å². The molecule has 1 aliphatic carbocycles. The highest BCUT2D eigenvalue weighted by molar-refractivity contribution is 14.0. The van der Waals surface area contributed by atoms with E-state index in [0.29, 0.717) is 26.2 Å².